The predicted molar refractivity (Wildman–Crippen MR) is 66.7 cm³/mol. The smallest absolute Gasteiger partial charge is 0.337 e. The molecule has 0 bridgehead atoms. The Morgan fingerprint density at radius 3 is 2.65 bits per heavy atom. The van der Waals surface area contributed by atoms with Gasteiger partial charge in [0.25, 0.3) is 0 Å². The second-order valence-corrected chi connectivity index (χ2v) is 4.05. The van der Waals surface area contributed by atoms with Gasteiger partial charge in [-0.25, -0.2) is 4.79 Å². The fourth-order valence-electron chi connectivity index (χ4n) is 1.36. The first-order chi connectivity index (χ1) is 9.31. The molecule has 0 saturated heterocycles. The Balaban J connectivity index is 2.84. The number of aldehydes is 1. The van der Waals surface area contributed by atoms with E-state index in [1.807, 2.05) is 0 Å². The first-order valence-electron chi connectivity index (χ1n) is 5.50. The summed E-state index contributed by atoms with van der Waals surface area (Å²) in [5, 5.41) is 27.4. The first kappa shape index (κ1) is 15.9. The molecule has 110 valence electrons. The van der Waals surface area contributed by atoms with Crippen molar-refractivity contribution in [2.75, 3.05) is 13.7 Å². The minimum Gasteiger partial charge on any atom is -0.493 e. The maximum atomic E-state index is 10.6. The second kappa shape index (κ2) is 6.33. The minimum absolute atomic E-state index is 0.138. The van der Waals surface area contributed by atoms with E-state index in [9.17, 15) is 19.8 Å². The molecule has 1 aromatic carbocycles. The largest absolute Gasteiger partial charge is 0.493 e. The van der Waals surface area contributed by atoms with Crippen LogP contribution in [-0.4, -0.2) is 53.1 Å². The molecule has 8 nitrogen and oxygen atoms in total. The average Bonchev–Trinajstić information content (AvgIpc) is 2.43. The molecule has 20 heavy (non-hydrogen) atoms. The maximum absolute atomic E-state index is 10.6. The van der Waals surface area contributed by atoms with Crippen LogP contribution in [0.1, 0.15) is 10.4 Å². The quantitative estimate of drug-likeness (QED) is 0.368. The third-order valence-corrected chi connectivity index (χ3v) is 2.49. The molecule has 0 saturated carbocycles. The van der Waals surface area contributed by atoms with Gasteiger partial charge in [-0.3, -0.25) is 10.5 Å². The predicted octanol–water partition coefficient (Wildman–Crippen LogP) is -1.02. The number of carboxylic acids is 1. The molecular formula is C12H15NO7. The van der Waals surface area contributed by atoms with Gasteiger partial charge >= 0.3 is 5.97 Å². The van der Waals surface area contributed by atoms with Gasteiger partial charge < -0.3 is 24.8 Å². The van der Waals surface area contributed by atoms with Crippen LogP contribution in [0.5, 0.6) is 11.5 Å². The third kappa shape index (κ3) is 3.67. The summed E-state index contributed by atoms with van der Waals surface area (Å²) < 4.78 is 10.1. The molecule has 0 heterocycles. The Hall–Kier alpha value is -2.16. The standard InChI is InChI=1S/C12H15NO7/c1-19-9-4-7(5-14)2-3-8(9)20-6-12(13,18)10(15)11(16)17/h2-5,10,15,18H,6,13H2,1H3,(H,16,17). The van der Waals surface area contributed by atoms with Crippen molar-refractivity contribution in [2.45, 2.75) is 11.8 Å². The van der Waals surface area contributed by atoms with Crippen molar-refractivity contribution < 1.29 is 34.4 Å². The number of benzene rings is 1. The number of rotatable bonds is 7. The van der Waals surface area contributed by atoms with Gasteiger partial charge in [-0.1, -0.05) is 0 Å². The highest BCUT2D eigenvalue weighted by Gasteiger charge is 2.38. The van der Waals surface area contributed by atoms with Crippen LogP contribution in [0, 0.1) is 0 Å². The van der Waals surface area contributed by atoms with E-state index >= 15 is 0 Å². The van der Waals surface area contributed by atoms with Crippen LogP contribution in [0.25, 0.3) is 0 Å². The molecule has 0 aliphatic heterocycles. The molecule has 0 fully saturated rings. The normalized spacial score (nSPS) is 15.0. The molecule has 0 radical (unpaired) electrons. The molecular weight excluding hydrogens is 270 g/mol. The van der Waals surface area contributed by atoms with Crippen molar-refractivity contribution in [3.05, 3.63) is 23.8 Å². The monoisotopic (exact) mass is 285 g/mol. The summed E-state index contributed by atoms with van der Waals surface area (Å²) in [5.74, 6) is -1.34. The van der Waals surface area contributed by atoms with E-state index in [0.29, 0.717) is 11.8 Å². The molecule has 0 aromatic heterocycles. The Morgan fingerprint density at radius 1 is 1.50 bits per heavy atom. The lowest BCUT2D eigenvalue weighted by atomic mass is 10.1. The van der Waals surface area contributed by atoms with Crippen molar-refractivity contribution in [2.24, 2.45) is 5.73 Å². The van der Waals surface area contributed by atoms with Gasteiger partial charge in [0, 0.05) is 5.56 Å². The molecule has 1 aromatic rings. The lowest BCUT2D eigenvalue weighted by Crippen LogP contribution is -2.58. The summed E-state index contributed by atoms with van der Waals surface area (Å²) in [6.45, 7) is -0.683. The van der Waals surface area contributed by atoms with E-state index in [0.717, 1.165) is 0 Å². The van der Waals surface area contributed by atoms with E-state index in [1.54, 1.807) is 0 Å². The summed E-state index contributed by atoms with van der Waals surface area (Å²) in [6, 6.07) is 4.23. The number of aliphatic hydroxyl groups is 2. The van der Waals surface area contributed by atoms with Crippen LogP contribution in [0.3, 0.4) is 0 Å². The van der Waals surface area contributed by atoms with E-state index in [2.05, 4.69) is 0 Å². The average molecular weight is 285 g/mol. The topological polar surface area (TPSA) is 139 Å². The highest BCUT2D eigenvalue weighted by molar-refractivity contribution is 5.76. The van der Waals surface area contributed by atoms with Gasteiger partial charge in [-0.2, -0.15) is 0 Å². The SMILES string of the molecule is COc1cc(C=O)ccc1OCC(N)(O)C(O)C(=O)O. The number of carboxylic acid groups (broad SMARTS) is 1. The number of carbonyl (C=O) groups is 2. The van der Waals surface area contributed by atoms with E-state index in [1.165, 1.54) is 25.3 Å². The Labute approximate surface area is 114 Å². The Bertz CT molecular complexity index is 501. The number of ether oxygens (including phenoxy) is 2. The number of carbonyl (C=O) groups excluding carboxylic acids is 1. The summed E-state index contributed by atoms with van der Waals surface area (Å²) in [5.41, 5.74) is 3.14. The van der Waals surface area contributed by atoms with Crippen LogP contribution in [0.15, 0.2) is 18.2 Å². The first-order valence-corrected chi connectivity index (χ1v) is 5.50. The fraction of sp³-hybridized carbons (Fsp3) is 0.333. The summed E-state index contributed by atoms with van der Waals surface area (Å²) in [7, 11) is 1.34. The second-order valence-electron chi connectivity index (χ2n) is 4.05. The van der Waals surface area contributed by atoms with Gasteiger partial charge in [0.05, 0.1) is 7.11 Å². The number of aliphatic hydroxyl groups excluding tert-OH is 1. The zero-order chi connectivity index (χ0) is 15.3. The minimum atomic E-state index is -2.47. The Kier molecular flexibility index (Phi) is 5.03. The van der Waals surface area contributed by atoms with E-state index in [4.69, 9.17) is 20.3 Å². The molecule has 8 heteroatoms. The number of nitrogens with two attached hydrogens (primary N) is 1. The van der Waals surface area contributed by atoms with Crippen molar-refractivity contribution in [3.8, 4) is 11.5 Å². The molecule has 0 amide bonds. The van der Waals surface area contributed by atoms with E-state index in [-0.39, 0.29) is 11.5 Å². The molecule has 0 aliphatic carbocycles. The number of methoxy groups -OCH3 is 1. The molecule has 2 unspecified atom stereocenters. The third-order valence-electron chi connectivity index (χ3n) is 2.49. The zero-order valence-corrected chi connectivity index (χ0v) is 10.6. The highest BCUT2D eigenvalue weighted by atomic mass is 16.5. The van der Waals surface area contributed by atoms with Crippen molar-refractivity contribution in [1.82, 2.24) is 0 Å². The van der Waals surface area contributed by atoms with Gasteiger partial charge in [0.2, 0.25) is 0 Å². The Morgan fingerprint density at radius 2 is 2.15 bits per heavy atom. The van der Waals surface area contributed by atoms with Gasteiger partial charge in [0.1, 0.15) is 12.9 Å². The molecule has 0 aliphatic rings. The van der Waals surface area contributed by atoms with Gasteiger partial charge in [-0.15, -0.1) is 0 Å². The van der Waals surface area contributed by atoms with Crippen LogP contribution in [-0.2, 0) is 4.79 Å². The number of hydrogen-bond acceptors (Lipinski definition) is 7. The summed E-state index contributed by atoms with van der Waals surface area (Å²) >= 11 is 0. The fourth-order valence-corrected chi connectivity index (χ4v) is 1.36. The number of aliphatic carboxylic acids is 1. The maximum Gasteiger partial charge on any atom is 0.337 e. The van der Waals surface area contributed by atoms with Crippen LogP contribution >= 0.6 is 0 Å². The van der Waals surface area contributed by atoms with Crippen molar-refractivity contribution >= 4 is 12.3 Å². The van der Waals surface area contributed by atoms with Gasteiger partial charge in [-0.05, 0) is 18.2 Å². The number of hydrogen-bond donors (Lipinski definition) is 4. The van der Waals surface area contributed by atoms with Crippen molar-refractivity contribution in [3.63, 3.8) is 0 Å². The van der Waals surface area contributed by atoms with E-state index < -0.39 is 24.4 Å². The zero-order valence-electron chi connectivity index (χ0n) is 10.6. The van der Waals surface area contributed by atoms with Crippen LogP contribution < -0.4 is 15.2 Å². The van der Waals surface area contributed by atoms with Crippen LogP contribution in [0.2, 0.25) is 0 Å². The van der Waals surface area contributed by atoms with Gasteiger partial charge in [0.15, 0.2) is 23.3 Å². The molecule has 0 spiro atoms. The molecule has 2 atom stereocenters. The van der Waals surface area contributed by atoms with Crippen molar-refractivity contribution in [1.29, 1.82) is 0 Å². The van der Waals surface area contributed by atoms with Crippen LogP contribution in [0.4, 0.5) is 0 Å². The summed E-state index contributed by atoms with van der Waals surface area (Å²) in [4.78, 5) is 21.2. The summed E-state index contributed by atoms with van der Waals surface area (Å²) in [6.07, 6.45) is -1.59. The highest BCUT2D eigenvalue weighted by Crippen LogP contribution is 2.28. The molecule has 1 rings (SSSR count). The lowest BCUT2D eigenvalue weighted by molar-refractivity contribution is -0.166. The molecule has 5 N–H and O–H groups in total. The lowest BCUT2D eigenvalue weighted by Gasteiger charge is -2.26.